The molecular weight excluding hydrogens is 350 g/mol. The van der Waals surface area contributed by atoms with Crippen LogP contribution in [0.1, 0.15) is 27.2 Å². The summed E-state index contributed by atoms with van der Waals surface area (Å²) in [6.45, 7) is 6.27. The molecule has 0 saturated carbocycles. The van der Waals surface area contributed by atoms with Gasteiger partial charge in [0.05, 0.1) is 18.4 Å². The van der Waals surface area contributed by atoms with Crippen molar-refractivity contribution in [2.45, 2.75) is 27.2 Å². The van der Waals surface area contributed by atoms with Gasteiger partial charge in [0.1, 0.15) is 11.3 Å². The summed E-state index contributed by atoms with van der Waals surface area (Å²) >= 11 is 1.39. The summed E-state index contributed by atoms with van der Waals surface area (Å²) in [5.74, 6) is 1.25. The van der Waals surface area contributed by atoms with E-state index in [1.54, 1.807) is 25.3 Å². The molecule has 0 aliphatic heterocycles. The van der Waals surface area contributed by atoms with Crippen LogP contribution in [0, 0.1) is 5.92 Å². The molecule has 0 spiro atoms. The Morgan fingerprint density at radius 1 is 1.38 bits per heavy atom. The third-order valence-corrected chi connectivity index (χ3v) is 4.51. The molecule has 0 bridgehead atoms. The van der Waals surface area contributed by atoms with E-state index >= 15 is 0 Å². The van der Waals surface area contributed by atoms with Crippen LogP contribution in [0.2, 0.25) is 0 Å². The number of benzene rings is 1. The first-order chi connectivity index (χ1) is 12.5. The van der Waals surface area contributed by atoms with Gasteiger partial charge in [0.2, 0.25) is 5.13 Å². The van der Waals surface area contributed by atoms with Crippen molar-refractivity contribution in [1.29, 1.82) is 0 Å². The number of anilines is 1. The molecule has 0 atom stereocenters. The molecule has 1 aromatic carbocycles. The zero-order valence-corrected chi connectivity index (χ0v) is 16.0. The molecule has 3 aromatic rings. The predicted octanol–water partition coefficient (Wildman–Crippen LogP) is 4.76. The van der Waals surface area contributed by atoms with E-state index in [1.807, 2.05) is 18.4 Å². The lowest BCUT2D eigenvalue weighted by atomic mass is 10.1. The first kappa shape index (κ1) is 18.1. The predicted molar refractivity (Wildman–Crippen MR) is 106 cm³/mol. The van der Waals surface area contributed by atoms with Crippen LogP contribution in [0.25, 0.3) is 22.2 Å². The number of fused-ring (bicyclic) bond motifs is 1. The Morgan fingerprint density at radius 2 is 2.19 bits per heavy atom. The monoisotopic (exact) mass is 371 g/mol. The second kappa shape index (κ2) is 7.70. The summed E-state index contributed by atoms with van der Waals surface area (Å²) in [6.07, 6.45) is 0.918. The molecule has 3 rings (SSSR count). The normalized spacial score (nSPS) is 12.0. The minimum atomic E-state index is -0.418. The van der Waals surface area contributed by atoms with Crippen molar-refractivity contribution in [2.24, 2.45) is 11.0 Å². The van der Waals surface area contributed by atoms with Gasteiger partial charge in [0.25, 0.3) is 0 Å². The quantitative estimate of drug-likeness (QED) is 0.384. The number of aromatic nitrogens is 1. The molecule has 0 aliphatic rings. The number of nitrogens with one attached hydrogen (secondary N) is 1. The van der Waals surface area contributed by atoms with E-state index < -0.39 is 5.63 Å². The number of hydrazone groups is 1. The second-order valence-corrected chi connectivity index (χ2v) is 7.30. The lowest BCUT2D eigenvalue weighted by Crippen LogP contribution is -2.03. The third kappa shape index (κ3) is 4.11. The van der Waals surface area contributed by atoms with Gasteiger partial charge in [-0.3, -0.25) is 5.43 Å². The molecule has 0 fully saturated rings. The summed E-state index contributed by atoms with van der Waals surface area (Å²) < 4.78 is 10.6. The number of nitrogens with zero attached hydrogens (tertiary/aromatic N) is 2. The SMILES string of the molecule is COc1ccc2oc(=O)c(-c3csc(N/N=C(\C)CC(C)C)n3)cc2c1. The topological polar surface area (TPSA) is 76.7 Å². The molecule has 0 aliphatic carbocycles. The van der Waals surface area contributed by atoms with E-state index in [1.165, 1.54) is 11.3 Å². The van der Waals surface area contributed by atoms with Gasteiger partial charge in [-0.05, 0) is 43.5 Å². The van der Waals surface area contributed by atoms with E-state index in [2.05, 4.69) is 29.4 Å². The highest BCUT2D eigenvalue weighted by atomic mass is 32.1. The molecule has 0 amide bonds. The molecule has 26 heavy (non-hydrogen) atoms. The molecule has 0 saturated heterocycles. The number of hydrogen-bond acceptors (Lipinski definition) is 7. The molecule has 0 radical (unpaired) electrons. The van der Waals surface area contributed by atoms with Crippen LogP contribution in [0.4, 0.5) is 5.13 Å². The minimum absolute atomic E-state index is 0.415. The van der Waals surface area contributed by atoms with E-state index in [4.69, 9.17) is 9.15 Å². The Hall–Kier alpha value is -2.67. The smallest absolute Gasteiger partial charge is 0.345 e. The second-order valence-electron chi connectivity index (χ2n) is 6.45. The minimum Gasteiger partial charge on any atom is -0.497 e. The number of ether oxygens (including phenoxy) is 1. The Bertz CT molecular complexity index is 1000. The average molecular weight is 371 g/mol. The zero-order chi connectivity index (χ0) is 18.7. The first-order valence-electron chi connectivity index (χ1n) is 8.33. The lowest BCUT2D eigenvalue weighted by Gasteiger charge is -2.04. The van der Waals surface area contributed by atoms with Crippen molar-refractivity contribution in [3.8, 4) is 17.0 Å². The van der Waals surface area contributed by atoms with Crippen molar-refractivity contribution in [3.63, 3.8) is 0 Å². The fourth-order valence-corrected chi connectivity index (χ4v) is 3.29. The van der Waals surface area contributed by atoms with Crippen LogP contribution in [-0.2, 0) is 0 Å². The maximum absolute atomic E-state index is 12.3. The first-order valence-corrected chi connectivity index (χ1v) is 9.21. The number of methoxy groups -OCH3 is 1. The fourth-order valence-electron chi connectivity index (χ4n) is 2.64. The van der Waals surface area contributed by atoms with Crippen molar-refractivity contribution in [2.75, 3.05) is 12.5 Å². The molecule has 2 aromatic heterocycles. The Kier molecular flexibility index (Phi) is 5.37. The van der Waals surface area contributed by atoms with Crippen molar-refractivity contribution in [1.82, 2.24) is 4.98 Å². The molecule has 2 heterocycles. The van der Waals surface area contributed by atoms with Crippen LogP contribution in [0.3, 0.4) is 0 Å². The van der Waals surface area contributed by atoms with Crippen LogP contribution >= 0.6 is 11.3 Å². The van der Waals surface area contributed by atoms with Gasteiger partial charge in [0, 0.05) is 16.5 Å². The molecular formula is C19H21N3O3S. The Labute approximate surface area is 155 Å². The van der Waals surface area contributed by atoms with Crippen molar-refractivity contribution in [3.05, 3.63) is 40.1 Å². The summed E-state index contributed by atoms with van der Waals surface area (Å²) in [7, 11) is 1.60. The standard InChI is InChI=1S/C19H21N3O3S/c1-11(2)7-12(3)21-22-19-20-16(10-26-19)15-9-13-8-14(24-4)5-6-17(13)25-18(15)23/h5-6,8-11H,7H2,1-4H3,(H,20,22)/b21-12+. The number of hydrogen-bond donors (Lipinski definition) is 1. The Balaban J connectivity index is 1.88. The summed E-state index contributed by atoms with van der Waals surface area (Å²) in [5.41, 5.74) is 5.04. The van der Waals surface area contributed by atoms with Gasteiger partial charge >= 0.3 is 5.63 Å². The van der Waals surface area contributed by atoms with Crippen molar-refractivity contribution < 1.29 is 9.15 Å². The van der Waals surface area contributed by atoms with Gasteiger partial charge in [-0.2, -0.15) is 5.10 Å². The fraction of sp³-hybridized carbons (Fsp3) is 0.316. The average Bonchev–Trinajstić information content (AvgIpc) is 3.07. The number of thiazole rings is 1. The molecule has 7 heteroatoms. The summed E-state index contributed by atoms with van der Waals surface area (Å²) in [5, 5.41) is 7.56. The summed E-state index contributed by atoms with van der Waals surface area (Å²) in [6, 6.07) is 7.08. The molecule has 136 valence electrons. The highest BCUT2D eigenvalue weighted by molar-refractivity contribution is 7.14. The number of rotatable bonds is 6. The third-order valence-electron chi connectivity index (χ3n) is 3.77. The highest BCUT2D eigenvalue weighted by Gasteiger charge is 2.12. The lowest BCUT2D eigenvalue weighted by molar-refractivity contribution is 0.415. The molecule has 0 unspecified atom stereocenters. The van der Waals surface area contributed by atoms with Gasteiger partial charge in [-0.1, -0.05) is 13.8 Å². The Morgan fingerprint density at radius 3 is 2.92 bits per heavy atom. The van der Waals surface area contributed by atoms with E-state index in [0.717, 1.165) is 17.5 Å². The van der Waals surface area contributed by atoms with Crippen LogP contribution < -0.4 is 15.8 Å². The molecule has 6 nitrogen and oxygen atoms in total. The van der Waals surface area contributed by atoms with Gasteiger partial charge < -0.3 is 9.15 Å². The van der Waals surface area contributed by atoms with Crippen LogP contribution in [0.15, 0.2) is 44.0 Å². The van der Waals surface area contributed by atoms with E-state index in [-0.39, 0.29) is 0 Å². The van der Waals surface area contributed by atoms with Gasteiger partial charge in [-0.25, -0.2) is 9.78 Å². The maximum atomic E-state index is 12.3. The zero-order valence-electron chi connectivity index (χ0n) is 15.2. The maximum Gasteiger partial charge on any atom is 0.345 e. The highest BCUT2D eigenvalue weighted by Crippen LogP contribution is 2.27. The van der Waals surface area contributed by atoms with E-state index in [9.17, 15) is 4.79 Å². The van der Waals surface area contributed by atoms with Crippen LogP contribution in [-0.4, -0.2) is 17.8 Å². The van der Waals surface area contributed by atoms with Gasteiger partial charge in [-0.15, -0.1) is 11.3 Å². The van der Waals surface area contributed by atoms with Gasteiger partial charge in [0.15, 0.2) is 0 Å². The van der Waals surface area contributed by atoms with E-state index in [0.29, 0.717) is 33.6 Å². The largest absolute Gasteiger partial charge is 0.497 e. The summed E-state index contributed by atoms with van der Waals surface area (Å²) in [4.78, 5) is 16.8. The van der Waals surface area contributed by atoms with Crippen LogP contribution in [0.5, 0.6) is 5.75 Å². The van der Waals surface area contributed by atoms with Crippen molar-refractivity contribution >= 4 is 33.1 Å². The molecule has 1 N–H and O–H groups in total.